The van der Waals surface area contributed by atoms with Gasteiger partial charge in [-0.05, 0) is 54.7 Å². The van der Waals surface area contributed by atoms with E-state index in [1.165, 1.54) is 17.2 Å². The summed E-state index contributed by atoms with van der Waals surface area (Å²) >= 11 is 0. The van der Waals surface area contributed by atoms with Crippen LogP contribution in [0.15, 0.2) is 36.4 Å². The van der Waals surface area contributed by atoms with Crippen molar-refractivity contribution in [2.24, 2.45) is 0 Å². The van der Waals surface area contributed by atoms with Crippen molar-refractivity contribution in [2.75, 3.05) is 6.61 Å². The Morgan fingerprint density at radius 1 is 1.05 bits per heavy atom. The highest BCUT2D eigenvalue weighted by atomic mass is 19.1. The molecule has 4 heteroatoms. The number of aryl methyl sites for hydroxylation is 2. The van der Waals surface area contributed by atoms with E-state index in [9.17, 15) is 13.6 Å². The molecule has 0 spiro atoms. The molecule has 2 aromatic carbocycles. The van der Waals surface area contributed by atoms with Crippen LogP contribution in [0.3, 0.4) is 0 Å². The Labute approximate surface area is 121 Å². The molecule has 0 saturated carbocycles. The summed E-state index contributed by atoms with van der Waals surface area (Å²) in [7, 11) is 0. The zero-order valence-corrected chi connectivity index (χ0v) is 11.4. The molecule has 0 aliphatic heterocycles. The minimum absolute atomic E-state index is 0.378. The van der Waals surface area contributed by atoms with Crippen molar-refractivity contribution in [3.05, 3.63) is 64.7 Å². The second kappa shape index (κ2) is 5.64. The van der Waals surface area contributed by atoms with Crippen LogP contribution in [0.2, 0.25) is 0 Å². The van der Waals surface area contributed by atoms with Crippen molar-refractivity contribution in [3.8, 4) is 5.75 Å². The second-order valence-corrected chi connectivity index (χ2v) is 5.09. The smallest absolute Gasteiger partial charge is 0.206 e. The lowest BCUT2D eigenvalue weighted by atomic mass is 10.1. The molecule has 0 fully saturated rings. The maximum Gasteiger partial charge on any atom is 0.206 e. The van der Waals surface area contributed by atoms with Gasteiger partial charge in [0.15, 0.2) is 6.61 Å². The summed E-state index contributed by atoms with van der Waals surface area (Å²) < 4.78 is 32.4. The first-order chi connectivity index (χ1) is 10.1. The quantitative estimate of drug-likeness (QED) is 0.802. The van der Waals surface area contributed by atoms with Crippen molar-refractivity contribution in [1.29, 1.82) is 0 Å². The van der Waals surface area contributed by atoms with Crippen LogP contribution in [0.25, 0.3) is 0 Å². The van der Waals surface area contributed by atoms with E-state index < -0.39 is 23.0 Å². The minimum atomic E-state index is -0.863. The van der Waals surface area contributed by atoms with Gasteiger partial charge in [-0.25, -0.2) is 8.78 Å². The van der Waals surface area contributed by atoms with Crippen LogP contribution in [0.4, 0.5) is 8.78 Å². The van der Waals surface area contributed by atoms with Crippen LogP contribution < -0.4 is 4.74 Å². The van der Waals surface area contributed by atoms with Gasteiger partial charge in [-0.15, -0.1) is 0 Å². The third kappa shape index (κ3) is 2.79. The molecule has 1 aliphatic carbocycles. The van der Waals surface area contributed by atoms with Crippen molar-refractivity contribution in [2.45, 2.75) is 19.3 Å². The molecule has 0 aromatic heterocycles. The number of ketones is 1. The highest BCUT2D eigenvalue weighted by molar-refractivity contribution is 5.97. The monoisotopic (exact) mass is 288 g/mol. The molecule has 1 aliphatic rings. The lowest BCUT2D eigenvalue weighted by molar-refractivity contribution is 0.0913. The molecular weight excluding hydrogens is 274 g/mol. The summed E-state index contributed by atoms with van der Waals surface area (Å²) in [5.74, 6) is -1.87. The zero-order chi connectivity index (χ0) is 14.8. The predicted octanol–water partition coefficient (Wildman–Crippen LogP) is 3.72. The average molecular weight is 288 g/mol. The molecule has 0 bridgehead atoms. The van der Waals surface area contributed by atoms with Gasteiger partial charge in [0.1, 0.15) is 17.4 Å². The van der Waals surface area contributed by atoms with Crippen molar-refractivity contribution >= 4 is 5.78 Å². The van der Waals surface area contributed by atoms with Gasteiger partial charge in [0, 0.05) is 0 Å². The summed E-state index contributed by atoms with van der Waals surface area (Å²) in [6.45, 7) is -0.378. The number of carbonyl (C=O) groups is 1. The lowest BCUT2D eigenvalue weighted by Gasteiger charge is -2.08. The number of ether oxygens (including phenoxy) is 1. The van der Waals surface area contributed by atoms with Gasteiger partial charge in [0.2, 0.25) is 5.78 Å². The largest absolute Gasteiger partial charge is 0.485 e. The van der Waals surface area contributed by atoms with E-state index in [1.807, 2.05) is 12.1 Å². The molecule has 0 heterocycles. The summed E-state index contributed by atoms with van der Waals surface area (Å²) in [6, 6.07) is 9.01. The highest BCUT2D eigenvalue weighted by Gasteiger charge is 2.18. The molecule has 0 atom stereocenters. The van der Waals surface area contributed by atoms with Crippen LogP contribution >= 0.6 is 0 Å². The average Bonchev–Trinajstić information content (AvgIpc) is 2.92. The van der Waals surface area contributed by atoms with Crippen molar-refractivity contribution in [1.82, 2.24) is 0 Å². The summed E-state index contributed by atoms with van der Waals surface area (Å²) in [5, 5.41) is 0. The number of Topliss-reactive ketones (excluding diaryl/α,β-unsaturated/α-hetero) is 1. The van der Waals surface area contributed by atoms with E-state index in [4.69, 9.17) is 4.74 Å². The van der Waals surface area contributed by atoms with Crippen molar-refractivity contribution < 1.29 is 18.3 Å². The van der Waals surface area contributed by atoms with Crippen molar-refractivity contribution in [3.63, 3.8) is 0 Å². The number of rotatable bonds is 4. The fraction of sp³-hybridized carbons (Fsp3) is 0.235. The fourth-order valence-electron chi connectivity index (χ4n) is 2.62. The minimum Gasteiger partial charge on any atom is -0.485 e. The van der Waals surface area contributed by atoms with Gasteiger partial charge in [0.25, 0.3) is 0 Å². The molecule has 108 valence electrons. The number of benzene rings is 2. The van der Waals surface area contributed by atoms with Gasteiger partial charge in [-0.2, -0.15) is 0 Å². The fourth-order valence-corrected chi connectivity index (χ4v) is 2.62. The lowest BCUT2D eigenvalue weighted by Crippen LogP contribution is -2.15. The Bertz CT molecular complexity index is 675. The molecule has 0 N–H and O–H groups in total. The van der Waals surface area contributed by atoms with Crippen LogP contribution in [0.1, 0.15) is 27.9 Å². The van der Waals surface area contributed by atoms with Crippen LogP contribution in [-0.4, -0.2) is 12.4 Å². The molecule has 0 saturated heterocycles. The second-order valence-electron chi connectivity index (χ2n) is 5.09. The number of hydrogen-bond acceptors (Lipinski definition) is 2. The maximum absolute atomic E-state index is 13.5. The molecule has 0 radical (unpaired) electrons. The molecule has 2 nitrogen and oxygen atoms in total. The van der Waals surface area contributed by atoms with Crippen LogP contribution in [0.5, 0.6) is 5.75 Å². The Hall–Kier alpha value is -2.23. The Morgan fingerprint density at radius 3 is 2.52 bits per heavy atom. The molecule has 2 aromatic rings. The number of hydrogen-bond donors (Lipinski definition) is 0. The molecular formula is C17H14F2O2. The van der Waals surface area contributed by atoms with Gasteiger partial charge in [0.05, 0.1) is 5.56 Å². The zero-order valence-electron chi connectivity index (χ0n) is 11.4. The van der Waals surface area contributed by atoms with Gasteiger partial charge >= 0.3 is 0 Å². The molecule has 0 unspecified atom stereocenters. The third-order valence-corrected chi connectivity index (χ3v) is 3.68. The molecule has 3 rings (SSSR count). The summed E-state index contributed by atoms with van der Waals surface area (Å²) in [5.41, 5.74) is 1.98. The normalized spacial score (nSPS) is 13.0. The molecule has 21 heavy (non-hydrogen) atoms. The molecule has 0 amide bonds. The Morgan fingerprint density at radius 2 is 1.76 bits per heavy atom. The van der Waals surface area contributed by atoms with E-state index >= 15 is 0 Å². The number of fused-ring (bicyclic) bond motifs is 1. The number of carbonyl (C=O) groups excluding carboxylic acids is 1. The van der Waals surface area contributed by atoms with E-state index in [-0.39, 0.29) is 6.61 Å². The van der Waals surface area contributed by atoms with E-state index in [1.54, 1.807) is 6.07 Å². The summed E-state index contributed by atoms with van der Waals surface area (Å²) in [6.07, 6.45) is 3.19. The van der Waals surface area contributed by atoms with E-state index in [0.29, 0.717) is 5.75 Å². The SMILES string of the molecule is O=C(COc1ccc2c(c1)CCC2)c1c(F)cccc1F. The van der Waals surface area contributed by atoms with Gasteiger partial charge < -0.3 is 4.74 Å². The van der Waals surface area contributed by atoms with E-state index in [2.05, 4.69) is 0 Å². The first-order valence-corrected chi connectivity index (χ1v) is 6.87. The topological polar surface area (TPSA) is 26.3 Å². The predicted molar refractivity (Wildman–Crippen MR) is 74.7 cm³/mol. The van der Waals surface area contributed by atoms with Crippen LogP contribution in [-0.2, 0) is 12.8 Å². The highest BCUT2D eigenvalue weighted by Crippen LogP contribution is 2.26. The number of halogens is 2. The maximum atomic E-state index is 13.5. The van der Waals surface area contributed by atoms with Gasteiger partial charge in [-0.3, -0.25) is 4.79 Å². The Kier molecular flexibility index (Phi) is 3.69. The first kappa shape index (κ1) is 13.7. The van der Waals surface area contributed by atoms with E-state index in [0.717, 1.165) is 31.4 Å². The first-order valence-electron chi connectivity index (χ1n) is 6.87. The van der Waals surface area contributed by atoms with Gasteiger partial charge in [-0.1, -0.05) is 12.1 Å². The third-order valence-electron chi connectivity index (χ3n) is 3.68. The Balaban J connectivity index is 1.71. The standard InChI is InChI=1S/C17H14F2O2/c18-14-5-2-6-15(19)17(14)16(20)10-21-13-8-7-11-3-1-4-12(11)9-13/h2,5-9H,1,3-4,10H2. The van der Waals surface area contributed by atoms with Crippen LogP contribution in [0, 0.1) is 11.6 Å². The summed E-state index contributed by atoms with van der Waals surface area (Å²) in [4.78, 5) is 11.9.